The van der Waals surface area contributed by atoms with E-state index in [9.17, 15) is 0 Å². The van der Waals surface area contributed by atoms with Crippen molar-refractivity contribution in [3.63, 3.8) is 0 Å². The summed E-state index contributed by atoms with van der Waals surface area (Å²) >= 11 is 0. The van der Waals surface area contributed by atoms with Crippen molar-refractivity contribution >= 4 is 0 Å². The summed E-state index contributed by atoms with van der Waals surface area (Å²) in [5.74, 6) is 1.56. The van der Waals surface area contributed by atoms with E-state index >= 15 is 0 Å². The van der Waals surface area contributed by atoms with Crippen molar-refractivity contribution in [1.29, 1.82) is 0 Å². The van der Waals surface area contributed by atoms with Crippen LogP contribution in [0.1, 0.15) is 45.2 Å². The van der Waals surface area contributed by atoms with E-state index in [0.717, 1.165) is 12.5 Å². The molecule has 0 aliphatic carbocycles. The Bertz CT molecular complexity index is 368. The third-order valence-electron chi connectivity index (χ3n) is 4.57. The van der Waals surface area contributed by atoms with E-state index in [1.807, 2.05) is 0 Å². The number of benzene rings is 1. The molecule has 0 amide bonds. The van der Waals surface area contributed by atoms with E-state index in [2.05, 4.69) is 61.3 Å². The molecular weight excluding hydrogens is 244 g/mol. The highest BCUT2D eigenvalue weighted by Gasteiger charge is 2.23. The lowest BCUT2D eigenvalue weighted by molar-refractivity contribution is 0.157. The molecule has 2 rings (SSSR count). The number of hydrogen-bond acceptors (Lipinski definition) is 2. The zero-order valence-corrected chi connectivity index (χ0v) is 13.3. The van der Waals surface area contributed by atoms with Crippen LogP contribution in [0.15, 0.2) is 30.3 Å². The Balaban J connectivity index is 1.95. The predicted molar refractivity (Wildman–Crippen MR) is 86.9 cm³/mol. The van der Waals surface area contributed by atoms with Gasteiger partial charge < -0.3 is 10.2 Å². The van der Waals surface area contributed by atoms with Crippen molar-refractivity contribution in [1.82, 2.24) is 10.2 Å². The van der Waals surface area contributed by atoms with Crippen LogP contribution in [0.2, 0.25) is 0 Å². The van der Waals surface area contributed by atoms with Crippen LogP contribution in [0.4, 0.5) is 0 Å². The lowest BCUT2D eigenvalue weighted by Crippen LogP contribution is -2.39. The summed E-state index contributed by atoms with van der Waals surface area (Å²) in [5.41, 5.74) is 1.42. The first-order valence-corrected chi connectivity index (χ1v) is 8.21. The average Bonchev–Trinajstić information content (AvgIpc) is 2.48. The van der Waals surface area contributed by atoms with Gasteiger partial charge in [-0.25, -0.2) is 0 Å². The monoisotopic (exact) mass is 274 g/mol. The first-order chi connectivity index (χ1) is 9.70. The highest BCUT2D eigenvalue weighted by molar-refractivity contribution is 5.19. The quantitative estimate of drug-likeness (QED) is 0.851. The van der Waals surface area contributed by atoms with Crippen LogP contribution in [0.25, 0.3) is 0 Å². The molecule has 1 aromatic rings. The normalized spacial score (nSPS) is 20.8. The molecular formula is C18H30N2. The van der Waals surface area contributed by atoms with Gasteiger partial charge in [0.05, 0.1) is 0 Å². The van der Waals surface area contributed by atoms with Crippen LogP contribution < -0.4 is 5.32 Å². The van der Waals surface area contributed by atoms with E-state index in [-0.39, 0.29) is 0 Å². The fraction of sp³-hybridized carbons (Fsp3) is 0.667. The second kappa shape index (κ2) is 7.80. The Morgan fingerprint density at radius 3 is 2.45 bits per heavy atom. The highest BCUT2D eigenvalue weighted by Crippen LogP contribution is 2.24. The molecule has 2 atom stereocenters. The molecule has 1 aliphatic rings. The smallest absolute Gasteiger partial charge is 0.0358 e. The fourth-order valence-corrected chi connectivity index (χ4v) is 3.29. The maximum absolute atomic E-state index is 3.67. The van der Waals surface area contributed by atoms with Gasteiger partial charge in [-0.15, -0.1) is 0 Å². The molecule has 0 radical (unpaired) electrons. The van der Waals surface area contributed by atoms with Gasteiger partial charge in [0, 0.05) is 12.6 Å². The van der Waals surface area contributed by atoms with Crippen molar-refractivity contribution in [2.24, 2.45) is 11.8 Å². The molecule has 1 aromatic carbocycles. The molecule has 1 heterocycles. The van der Waals surface area contributed by atoms with Crippen molar-refractivity contribution in [3.05, 3.63) is 35.9 Å². The van der Waals surface area contributed by atoms with Crippen LogP contribution in [0, 0.1) is 11.8 Å². The predicted octanol–water partition coefficient (Wildman–Crippen LogP) is 3.71. The lowest BCUT2D eigenvalue weighted by atomic mass is 9.92. The number of piperidine rings is 1. The van der Waals surface area contributed by atoms with Crippen molar-refractivity contribution in [2.75, 3.05) is 26.2 Å². The number of nitrogens with zero attached hydrogens (tertiary/aromatic N) is 1. The topological polar surface area (TPSA) is 15.3 Å². The average molecular weight is 274 g/mol. The van der Waals surface area contributed by atoms with Crippen LogP contribution >= 0.6 is 0 Å². The molecule has 20 heavy (non-hydrogen) atoms. The lowest BCUT2D eigenvalue weighted by Gasteiger charge is -2.35. The van der Waals surface area contributed by atoms with E-state index in [1.165, 1.54) is 38.0 Å². The molecule has 2 nitrogen and oxygen atoms in total. The highest BCUT2D eigenvalue weighted by atomic mass is 15.1. The summed E-state index contributed by atoms with van der Waals surface area (Å²) in [4.78, 5) is 2.65. The van der Waals surface area contributed by atoms with Gasteiger partial charge in [-0.3, -0.25) is 0 Å². The van der Waals surface area contributed by atoms with E-state index in [1.54, 1.807) is 0 Å². The van der Waals surface area contributed by atoms with E-state index in [4.69, 9.17) is 0 Å². The summed E-state index contributed by atoms with van der Waals surface area (Å²) in [5, 5.41) is 3.67. The van der Waals surface area contributed by atoms with Crippen molar-refractivity contribution in [3.8, 4) is 0 Å². The first kappa shape index (κ1) is 15.5. The van der Waals surface area contributed by atoms with Crippen LogP contribution in [-0.4, -0.2) is 31.1 Å². The maximum Gasteiger partial charge on any atom is 0.0358 e. The van der Waals surface area contributed by atoms with Crippen LogP contribution in [0.5, 0.6) is 0 Å². The Morgan fingerprint density at radius 2 is 1.85 bits per heavy atom. The number of nitrogens with one attached hydrogen (secondary N) is 1. The second-order valence-electron chi connectivity index (χ2n) is 6.41. The minimum atomic E-state index is 0.473. The number of rotatable bonds is 6. The minimum absolute atomic E-state index is 0.473. The number of hydrogen-bond donors (Lipinski definition) is 1. The third-order valence-corrected chi connectivity index (χ3v) is 4.57. The third kappa shape index (κ3) is 4.32. The molecule has 0 aromatic heterocycles. The summed E-state index contributed by atoms with van der Waals surface area (Å²) in [7, 11) is 0. The molecule has 2 heteroatoms. The molecule has 2 unspecified atom stereocenters. The zero-order valence-electron chi connectivity index (χ0n) is 13.3. The van der Waals surface area contributed by atoms with Crippen molar-refractivity contribution in [2.45, 2.75) is 39.7 Å². The molecule has 112 valence electrons. The Labute approximate surface area is 124 Å². The van der Waals surface area contributed by atoms with E-state index in [0.29, 0.717) is 12.0 Å². The molecule has 0 bridgehead atoms. The maximum atomic E-state index is 3.67. The summed E-state index contributed by atoms with van der Waals surface area (Å²) < 4.78 is 0. The zero-order chi connectivity index (χ0) is 14.4. The Kier molecular flexibility index (Phi) is 6.06. The Hall–Kier alpha value is -0.860. The van der Waals surface area contributed by atoms with Crippen molar-refractivity contribution < 1.29 is 0 Å². The molecule has 1 saturated heterocycles. The molecule has 1 aliphatic heterocycles. The van der Waals surface area contributed by atoms with Gasteiger partial charge in [0.25, 0.3) is 0 Å². The molecule has 1 N–H and O–H groups in total. The van der Waals surface area contributed by atoms with Gasteiger partial charge in [-0.1, -0.05) is 51.1 Å². The van der Waals surface area contributed by atoms with Gasteiger partial charge in [-0.2, -0.15) is 0 Å². The summed E-state index contributed by atoms with van der Waals surface area (Å²) in [6.07, 6.45) is 2.73. The summed E-state index contributed by atoms with van der Waals surface area (Å²) in [6.45, 7) is 11.8. The molecule has 0 saturated carbocycles. The summed E-state index contributed by atoms with van der Waals surface area (Å²) in [6, 6.07) is 11.4. The molecule has 0 spiro atoms. The van der Waals surface area contributed by atoms with Gasteiger partial charge in [-0.05, 0) is 49.9 Å². The standard InChI is InChI=1S/C18H30N2/c1-4-19-18(17-8-6-5-7-9-17)16(3)14-20-12-10-15(2)11-13-20/h5-9,15-16,18-19H,4,10-14H2,1-3H3. The first-order valence-electron chi connectivity index (χ1n) is 8.21. The van der Waals surface area contributed by atoms with Gasteiger partial charge >= 0.3 is 0 Å². The van der Waals surface area contributed by atoms with E-state index < -0.39 is 0 Å². The fourth-order valence-electron chi connectivity index (χ4n) is 3.29. The number of likely N-dealkylation sites (tertiary alicyclic amines) is 1. The minimum Gasteiger partial charge on any atom is -0.310 e. The van der Waals surface area contributed by atoms with Gasteiger partial charge in [0.15, 0.2) is 0 Å². The SMILES string of the molecule is CCNC(c1ccccc1)C(C)CN1CCC(C)CC1. The van der Waals surface area contributed by atoms with Gasteiger partial charge in [0.1, 0.15) is 0 Å². The largest absolute Gasteiger partial charge is 0.310 e. The van der Waals surface area contributed by atoms with Crippen LogP contribution in [-0.2, 0) is 0 Å². The Morgan fingerprint density at radius 1 is 1.20 bits per heavy atom. The van der Waals surface area contributed by atoms with Gasteiger partial charge in [0.2, 0.25) is 0 Å². The molecule has 1 fully saturated rings. The van der Waals surface area contributed by atoms with Crippen LogP contribution in [0.3, 0.4) is 0 Å². The second-order valence-corrected chi connectivity index (χ2v) is 6.41.